The van der Waals surface area contributed by atoms with Crippen LogP contribution in [-0.2, 0) is 19.2 Å². The fraction of sp³-hybridized carbons (Fsp3) is 0.714. The first-order valence-corrected chi connectivity index (χ1v) is 7.52. The van der Waals surface area contributed by atoms with Crippen molar-refractivity contribution >= 4 is 23.9 Å². The monoisotopic (exact) mass is 348 g/mol. The molecule has 138 valence electrons. The number of carbonyl (C=O) groups is 4. The molecule has 0 saturated carbocycles. The summed E-state index contributed by atoms with van der Waals surface area (Å²) >= 11 is 0. The Morgan fingerprint density at radius 1 is 0.542 bits per heavy atom. The molecule has 10 nitrogen and oxygen atoms in total. The molecule has 0 amide bonds. The highest BCUT2D eigenvalue weighted by atomic mass is 16.4. The minimum Gasteiger partial charge on any atom is -0.481 e. The van der Waals surface area contributed by atoms with Gasteiger partial charge in [-0.3, -0.25) is 24.1 Å². The number of carboxylic acids is 4. The van der Waals surface area contributed by atoms with Gasteiger partial charge >= 0.3 is 23.9 Å². The van der Waals surface area contributed by atoms with Gasteiger partial charge < -0.3 is 25.3 Å². The van der Waals surface area contributed by atoms with E-state index in [1.165, 1.54) is 4.90 Å². The second kappa shape index (κ2) is 12.3. The molecule has 24 heavy (non-hydrogen) atoms. The number of rotatable bonds is 15. The van der Waals surface area contributed by atoms with Crippen LogP contribution in [0.4, 0.5) is 0 Å². The third-order valence-corrected chi connectivity index (χ3v) is 3.23. The van der Waals surface area contributed by atoms with E-state index in [0.29, 0.717) is 19.5 Å². The lowest BCUT2D eigenvalue weighted by molar-refractivity contribution is -0.141. The van der Waals surface area contributed by atoms with Gasteiger partial charge in [0.05, 0.1) is 25.8 Å². The Hall–Kier alpha value is -2.20. The molecule has 0 saturated heterocycles. The molecular weight excluding hydrogens is 324 g/mol. The van der Waals surface area contributed by atoms with E-state index in [1.807, 2.05) is 0 Å². The van der Waals surface area contributed by atoms with E-state index in [2.05, 4.69) is 0 Å². The van der Waals surface area contributed by atoms with Gasteiger partial charge in [-0.25, -0.2) is 0 Å². The van der Waals surface area contributed by atoms with Gasteiger partial charge in [-0.2, -0.15) is 0 Å². The number of hydrogen-bond acceptors (Lipinski definition) is 6. The highest BCUT2D eigenvalue weighted by Gasteiger charge is 2.13. The van der Waals surface area contributed by atoms with Crippen LogP contribution in [0.1, 0.15) is 25.7 Å². The van der Waals surface area contributed by atoms with Crippen molar-refractivity contribution in [2.75, 3.05) is 39.3 Å². The summed E-state index contributed by atoms with van der Waals surface area (Å²) in [6.07, 6.45) is 0.0795. The average molecular weight is 348 g/mol. The van der Waals surface area contributed by atoms with Gasteiger partial charge in [0.25, 0.3) is 0 Å². The van der Waals surface area contributed by atoms with Crippen LogP contribution < -0.4 is 0 Å². The molecule has 0 aliphatic rings. The lowest BCUT2D eigenvalue weighted by Gasteiger charge is -2.24. The van der Waals surface area contributed by atoms with Crippen molar-refractivity contribution in [3.05, 3.63) is 0 Å². The van der Waals surface area contributed by atoms with E-state index < -0.39 is 23.9 Å². The third kappa shape index (κ3) is 13.5. The van der Waals surface area contributed by atoms with Gasteiger partial charge in [0.1, 0.15) is 0 Å². The molecule has 0 unspecified atom stereocenters. The standard InChI is InChI=1S/C14H24N2O8/c17-11(18)2-7-15(8-3-12(19)20)5-1-6-16(10-14(23)24)9-4-13(21)22/h1-10H2,(H,17,18)(H,19,20)(H,21,22)(H,23,24). The first-order chi connectivity index (χ1) is 11.2. The second-order valence-corrected chi connectivity index (χ2v) is 5.30. The Labute approximate surface area is 139 Å². The number of aliphatic carboxylic acids is 4. The van der Waals surface area contributed by atoms with E-state index in [9.17, 15) is 19.2 Å². The smallest absolute Gasteiger partial charge is 0.317 e. The highest BCUT2D eigenvalue weighted by molar-refractivity contribution is 5.69. The molecule has 0 radical (unpaired) electrons. The maximum Gasteiger partial charge on any atom is 0.317 e. The van der Waals surface area contributed by atoms with Gasteiger partial charge in [0.15, 0.2) is 0 Å². The van der Waals surface area contributed by atoms with E-state index >= 15 is 0 Å². The summed E-state index contributed by atoms with van der Waals surface area (Å²) in [5.74, 6) is -4.04. The Morgan fingerprint density at radius 2 is 0.917 bits per heavy atom. The van der Waals surface area contributed by atoms with Crippen molar-refractivity contribution in [1.82, 2.24) is 9.80 Å². The Balaban J connectivity index is 4.37. The molecule has 0 aromatic carbocycles. The minimum atomic E-state index is -1.06. The summed E-state index contributed by atoms with van der Waals surface area (Å²) in [6, 6.07) is 0. The Bertz CT molecular complexity index is 422. The fourth-order valence-electron chi connectivity index (χ4n) is 2.08. The molecule has 0 rings (SSSR count). The highest BCUT2D eigenvalue weighted by Crippen LogP contribution is 2.01. The molecule has 0 bridgehead atoms. The summed E-state index contributed by atoms with van der Waals surface area (Å²) in [5.41, 5.74) is 0. The predicted octanol–water partition coefficient (Wildman–Crippen LogP) is -0.511. The molecule has 4 N–H and O–H groups in total. The van der Waals surface area contributed by atoms with Crippen molar-refractivity contribution in [2.45, 2.75) is 25.7 Å². The second-order valence-electron chi connectivity index (χ2n) is 5.30. The molecule has 0 atom stereocenters. The maximum absolute atomic E-state index is 10.8. The van der Waals surface area contributed by atoms with Crippen LogP contribution in [-0.4, -0.2) is 93.4 Å². The summed E-state index contributed by atoms with van der Waals surface area (Å²) in [7, 11) is 0. The van der Waals surface area contributed by atoms with Crippen molar-refractivity contribution in [3.63, 3.8) is 0 Å². The zero-order valence-corrected chi connectivity index (χ0v) is 13.4. The van der Waals surface area contributed by atoms with Crippen LogP contribution in [0.15, 0.2) is 0 Å². The Kier molecular flexibility index (Phi) is 11.1. The molecule has 0 aliphatic heterocycles. The largest absolute Gasteiger partial charge is 0.481 e. The van der Waals surface area contributed by atoms with Gasteiger partial charge in [0.2, 0.25) is 0 Å². The quantitative estimate of drug-likeness (QED) is 0.304. The predicted molar refractivity (Wildman–Crippen MR) is 81.9 cm³/mol. The zero-order valence-electron chi connectivity index (χ0n) is 13.4. The summed E-state index contributed by atoms with van der Waals surface area (Å²) in [4.78, 5) is 45.8. The lowest BCUT2D eigenvalue weighted by atomic mass is 10.2. The molecular formula is C14H24N2O8. The van der Waals surface area contributed by atoms with Crippen molar-refractivity contribution < 1.29 is 39.6 Å². The Morgan fingerprint density at radius 3 is 1.29 bits per heavy atom. The van der Waals surface area contributed by atoms with Crippen LogP contribution in [0.3, 0.4) is 0 Å². The topological polar surface area (TPSA) is 156 Å². The molecule has 0 fully saturated rings. The molecule has 0 aliphatic carbocycles. The van der Waals surface area contributed by atoms with E-state index in [0.717, 1.165) is 0 Å². The molecule has 0 aromatic heterocycles. The van der Waals surface area contributed by atoms with E-state index in [4.69, 9.17) is 20.4 Å². The van der Waals surface area contributed by atoms with Gasteiger partial charge in [-0.05, 0) is 19.5 Å². The molecule has 0 spiro atoms. The normalized spacial score (nSPS) is 10.9. The first kappa shape index (κ1) is 21.8. The molecule has 10 heteroatoms. The maximum atomic E-state index is 10.8. The number of nitrogens with zero attached hydrogens (tertiary/aromatic N) is 2. The minimum absolute atomic E-state index is 0.103. The van der Waals surface area contributed by atoms with E-state index in [-0.39, 0.29) is 45.4 Å². The van der Waals surface area contributed by atoms with Gasteiger partial charge in [-0.1, -0.05) is 0 Å². The molecule has 0 heterocycles. The van der Waals surface area contributed by atoms with Crippen LogP contribution in [0, 0.1) is 0 Å². The summed E-state index contributed by atoms with van der Waals surface area (Å²) < 4.78 is 0. The average Bonchev–Trinajstić information content (AvgIpc) is 2.45. The summed E-state index contributed by atoms with van der Waals surface area (Å²) in [6.45, 7) is 0.969. The summed E-state index contributed by atoms with van der Waals surface area (Å²) in [5, 5.41) is 34.9. The third-order valence-electron chi connectivity index (χ3n) is 3.23. The van der Waals surface area contributed by atoms with Crippen molar-refractivity contribution in [1.29, 1.82) is 0 Å². The number of carboxylic acid groups (broad SMARTS) is 4. The SMILES string of the molecule is O=C(O)CCN(CCCN(CCC(=O)O)CC(=O)O)CCC(=O)O. The van der Waals surface area contributed by atoms with E-state index in [1.54, 1.807) is 4.90 Å². The molecule has 0 aromatic rings. The lowest BCUT2D eigenvalue weighted by Crippen LogP contribution is -2.36. The number of hydrogen-bond donors (Lipinski definition) is 4. The van der Waals surface area contributed by atoms with Gasteiger partial charge in [-0.15, -0.1) is 0 Å². The van der Waals surface area contributed by atoms with Crippen molar-refractivity contribution in [3.8, 4) is 0 Å². The fourth-order valence-corrected chi connectivity index (χ4v) is 2.08. The first-order valence-electron chi connectivity index (χ1n) is 7.52. The van der Waals surface area contributed by atoms with Gasteiger partial charge in [0, 0.05) is 19.6 Å². The zero-order chi connectivity index (χ0) is 18.5. The van der Waals surface area contributed by atoms with Crippen LogP contribution in [0.25, 0.3) is 0 Å². The van der Waals surface area contributed by atoms with Crippen LogP contribution in [0.5, 0.6) is 0 Å². The van der Waals surface area contributed by atoms with Crippen molar-refractivity contribution in [2.24, 2.45) is 0 Å². The van der Waals surface area contributed by atoms with Crippen LogP contribution in [0.2, 0.25) is 0 Å². The van der Waals surface area contributed by atoms with Crippen LogP contribution >= 0.6 is 0 Å².